The molecule has 2 amide bonds. The molecule has 1 atom stereocenters. The van der Waals surface area contributed by atoms with Crippen molar-refractivity contribution in [3.63, 3.8) is 0 Å². The number of hydrogen-bond acceptors (Lipinski definition) is 4. The first-order valence-electron chi connectivity index (χ1n) is 10.7. The van der Waals surface area contributed by atoms with Gasteiger partial charge in [0, 0.05) is 37.1 Å². The molecule has 3 aromatic rings. The number of rotatable bonds is 0. The molecule has 2 aliphatic rings. The second-order valence-electron chi connectivity index (χ2n) is 8.62. The maximum absolute atomic E-state index is 13.3. The molecule has 170 valence electrons. The maximum atomic E-state index is 13.3. The number of likely N-dealkylation sites (N-methyl/N-ethyl adjacent to an activating group) is 1. The Kier molecular flexibility index (Phi) is 5.14. The van der Waals surface area contributed by atoms with E-state index in [-0.39, 0.29) is 24.5 Å². The lowest BCUT2D eigenvalue weighted by Crippen LogP contribution is -2.38. The number of nitrogens with one attached hydrogen (secondary N) is 2. The van der Waals surface area contributed by atoms with Crippen molar-refractivity contribution in [3.05, 3.63) is 57.6 Å². The third-order valence-corrected chi connectivity index (χ3v) is 6.46. The summed E-state index contributed by atoms with van der Waals surface area (Å²) in [4.78, 5) is 31.1. The monoisotopic (exact) mass is 465 g/mol. The molecule has 8 nitrogen and oxygen atoms in total. The molecule has 0 spiro atoms. The number of hydrogen-bond donors (Lipinski definition) is 2. The van der Waals surface area contributed by atoms with Crippen LogP contribution in [0, 0.1) is 6.92 Å². The number of halogens is 1. The van der Waals surface area contributed by atoms with Crippen molar-refractivity contribution >= 4 is 40.8 Å². The molecule has 2 aromatic heterocycles. The van der Waals surface area contributed by atoms with Gasteiger partial charge in [-0.1, -0.05) is 11.6 Å². The van der Waals surface area contributed by atoms with Gasteiger partial charge in [-0.05, 0) is 43.7 Å². The van der Waals surface area contributed by atoms with Crippen molar-refractivity contribution in [1.29, 1.82) is 0 Å². The minimum Gasteiger partial charge on any atom is -0.373 e. The Morgan fingerprint density at radius 3 is 2.73 bits per heavy atom. The summed E-state index contributed by atoms with van der Waals surface area (Å²) in [7, 11) is 3.60. The number of H-pyrrole nitrogens is 1. The number of fused-ring (bicyclic) bond motifs is 4. The van der Waals surface area contributed by atoms with E-state index in [1.165, 1.54) is 0 Å². The molecule has 2 N–H and O–H groups in total. The molecule has 1 aromatic carbocycles. The zero-order valence-corrected chi connectivity index (χ0v) is 19.6. The quantitative estimate of drug-likeness (QED) is 0.527. The fourth-order valence-electron chi connectivity index (χ4n) is 4.30. The fraction of sp³-hybridized carbons (Fsp3) is 0.292. The molecule has 2 aliphatic heterocycles. The first-order chi connectivity index (χ1) is 15.7. The summed E-state index contributed by atoms with van der Waals surface area (Å²) in [6.07, 6.45) is 3.63. The van der Waals surface area contributed by atoms with E-state index in [9.17, 15) is 9.59 Å². The molecule has 4 heterocycles. The lowest BCUT2D eigenvalue weighted by atomic mass is 9.98. The van der Waals surface area contributed by atoms with E-state index in [1.54, 1.807) is 28.8 Å². The number of amides is 2. The van der Waals surface area contributed by atoms with E-state index < -0.39 is 0 Å². The average molecular weight is 466 g/mol. The van der Waals surface area contributed by atoms with Crippen molar-refractivity contribution in [3.8, 4) is 11.1 Å². The maximum Gasteiger partial charge on any atom is 0.256 e. The van der Waals surface area contributed by atoms with E-state index in [4.69, 9.17) is 16.3 Å². The topological polar surface area (TPSA) is 92.2 Å². The van der Waals surface area contributed by atoms with Crippen LogP contribution in [0.1, 0.15) is 39.9 Å². The molecule has 0 radical (unpaired) electrons. The van der Waals surface area contributed by atoms with Gasteiger partial charge in [-0.25, -0.2) is 0 Å². The Labute approximate surface area is 196 Å². The number of aryl methyl sites for hydroxylation is 2. The molecule has 33 heavy (non-hydrogen) atoms. The van der Waals surface area contributed by atoms with Crippen molar-refractivity contribution in [2.45, 2.75) is 26.5 Å². The number of aromatic nitrogens is 3. The summed E-state index contributed by atoms with van der Waals surface area (Å²) in [5.41, 5.74) is 6.06. The second-order valence-corrected chi connectivity index (χ2v) is 9.02. The summed E-state index contributed by atoms with van der Waals surface area (Å²) in [6.45, 7) is 4.45. The number of carbonyl (C=O) groups excluding carboxylic acids is 2. The Hall–Kier alpha value is -3.36. The van der Waals surface area contributed by atoms with Crippen molar-refractivity contribution in [2.24, 2.45) is 7.05 Å². The number of benzene rings is 1. The normalized spacial score (nSPS) is 19.8. The first-order valence-corrected chi connectivity index (χ1v) is 11.0. The second kappa shape index (κ2) is 7.90. The molecule has 0 unspecified atom stereocenters. The summed E-state index contributed by atoms with van der Waals surface area (Å²) < 4.78 is 7.69. The molecule has 2 bridgehead atoms. The zero-order chi connectivity index (χ0) is 23.4. The Bertz CT molecular complexity index is 1340. The van der Waals surface area contributed by atoms with Crippen LogP contribution in [0.25, 0.3) is 22.8 Å². The fourth-order valence-corrected chi connectivity index (χ4v) is 4.57. The molecular weight excluding hydrogens is 442 g/mol. The number of aromatic amines is 1. The number of anilines is 1. The van der Waals surface area contributed by atoms with E-state index in [1.807, 2.05) is 39.2 Å². The molecule has 9 heteroatoms. The molecular formula is C24H24ClN5O3. The van der Waals surface area contributed by atoms with Crippen LogP contribution < -0.4 is 5.32 Å². The highest BCUT2D eigenvalue weighted by atomic mass is 35.5. The van der Waals surface area contributed by atoms with Gasteiger partial charge in [-0.2, -0.15) is 5.10 Å². The third kappa shape index (κ3) is 3.65. The smallest absolute Gasteiger partial charge is 0.256 e. The molecule has 0 aliphatic carbocycles. The van der Waals surface area contributed by atoms with Crippen molar-refractivity contribution < 1.29 is 14.3 Å². The standard InChI is InChI=1S/C24H24ClN5O3/c1-12-5-17-20(26-12)8-16-15-6-14(7-19(25)22(15)27-23(16)31)18-9-29(3)28-21(18)11-33-10-13(2)30(4)24(17)32/h5-9,13,26H,10-11H2,1-4H3,(H,27,31)/b16-8+/t13-/m1/s1. The van der Waals surface area contributed by atoms with Gasteiger partial charge in [-0.3, -0.25) is 14.3 Å². The predicted octanol–water partition coefficient (Wildman–Crippen LogP) is 3.86. The Morgan fingerprint density at radius 1 is 1.15 bits per heavy atom. The molecule has 0 saturated carbocycles. The number of ether oxygens (including phenoxy) is 1. The van der Waals surface area contributed by atoms with Crippen LogP contribution in [-0.4, -0.2) is 51.2 Å². The van der Waals surface area contributed by atoms with Gasteiger partial charge >= 0.3 is 0 Å². The van der Waals surface area contributed by atoms with Crippen LogP contribution in [-0.2, 0) is 23.2 Å². The van der Waals surface area contributed by atoms with Gasteiger partial charge in [-0.15, -0.1) is 0 Å². The van der Waals surface area contributed by atoms with Crippen molar-refractivity contribution in [1.82, 2.24) is 19.7 Å². The minimum absolute atomic E-state index is 0.152. The Morgan fingerprint density at radius 2 is 1.94 bits per heavy atom. The molecule has 0 fully saturated rings. The first kappa shape index (κ1) is 21.5. The summed E-state index contributed by atoms with van der Waals surface area (Å²) >= 11 is 6.59. The van der Waals surface area contributed by atoms with Crippen LogP contribution in [0.4, 0.5) is 5.69 Å². The van der Waals surface area contributed by atoms with Gasteiger partial charge in [0.2, 0.25) is 0 Å². The van der Waals surface area contributed by atoms with Crippen LogP contribution in [0.3, 0.4) is 0 Å². The molecule has 0 saturated heterocycles. The molecule has 5 rings (SSSR count). The Balaban J connectivity index is 1.75. The van der Waals surface area contributed by atoms with Gasteiger partial charge < -0.3 is 19.9 Å². The largest absolute Gasteiger partial charge is 0.373 e. The van der Waals surface area contributed by atoms with Crippen LogP contribution in [0.2, 0.25) is 5.02 Å². The number of nitrogens with zero attached hydrogens (tertiary/aromatic N) is 3. The lowest BCUT2D eigenvalue weighted by molar-refractivity contribution is -0.110. The predicted molar refractivity (Wildman–Crippen MR) is 127 cm³/mol. The van der Waals surface area contributed by atoms with E-state index >= 15 is 0 Å². The summed E-state index contributed by atoms with van der Waals surface area (Å²) in [6, 6.07) is 5.39. The highest BCUT2D eigenvalue weighted by Crippen LogP contribution is 2.42. The van der Waals surface area contributed by atoms with E-state index in [0.29, 0.717) is 39.7 Å². The van der Waals surface area contributed by atoms with E-state index in [2.05, 4.69) is 15.4 Å². The van der Waals surface area contributed by atoms with Gasteiger partial charge in [0.1, 0.15) is 0 Å². The summed E-state index contributed by atoms with van der Waals surface area (Å²) in [5, 5.41) is 7.85. The lowest BCUT2D eigenvalue weighted by Gasteiger charge is -2.25. The highest BCUT2D eigenvalue weighted by Gasteiger charge is 2.30. The van der Waals surface area contributed by atoms with E-state index in [0.717, 1.165) is 22.5 Å². The average Bonchev–Trinajstić information content (AvgIpc) is 3.42. The van der Waals surface area contributed by atoms with Crippen molar-refractivity contribution in [2.75, 3.05) is 19.0 Å². The third-order valence-electron chi connectivity index (χ3n) is 6.16. The van der Waals surface area contributed by atoms with Gasteiger partial charge in [0.25, 0.3) is 11.8 Å². The van der Waals surface area contributed by atoms with Crippen LogP contribution in [0.15, 0.2) is 24.4 Å². The van der Waals surface area contributed by atoms with Gasteiger partial charge in [0.05, 0.1) is 52.5 Å². The number of carbonyl (C=O) groups is 2. The summed E-state index contributed by atoms with van der Waals surface area (Å²) in [5.74, 6) is -0.420. The minimum atomic E-state index is -0.268. The van der Waals surface area contributed by atoms with Gasteiger partial charge in [0.15, 0.2) is 0 Å². The van der Waals surface area contributed by atoms with Crippen LogP contribution >= 0.6 is 11.6 Å². The SMILES string of the molecule is Cc1cc2c([nH]1)/C=C1/C(=O)Nc3c(Cl)cc(cc31)-c1cn(C)nc1COC[C@@H](C)N(C)C2=O. The van der Waals surface area contributed by atoms with Crippen LogP contribution in [0.5, 0.6) is 0 Å². The highest BCUT2D eigenvalue weighted by molar-refractivity contribution is 6.41. The zero-order valence-electron chi connectivity index (χ0n) is 18.8.